The van der Waals surface area contributed by atoms with Gasteiger partial charge in [0.25, 0.3) is 0 Å². The van der Waals surface area contributed by atoms with Crippen LogP contribution in [-0.4, -0.2) is 17.1 Å². The van der Waals surface area contributed by atoms with Gasteiger partial charge in [0.05, 0.1) is 0 Å². The summed E-state index contributed by atoms with van der Waals surface area (Å²) in [6.07, 6.45) is 5.80. The van der Waals surface area contributed by atoms with E-state index in [2.05, 4.69) is 15.6 Å². The van der Waals surface area contributed by atoms with Crippen LogP contribution in [0.5, 0.6) is 0 Å². The van der Waals surface area contributed by atoms with Crippen molar-refractivity contribution in [3.63, 3.8) is 0 Å². The molecule has 1 fully saturated rings. The number of hydrogen-bond acceptors (Lipinski definition) is 3. The van der Waals surface area contributed by atoms with Gasteiger partial charge >= 0.3 is 6.03 Å². The molecule has 0 unspecified atom stereocenters. The Hall–Kier alpha value is -1.78. The third-order valence-electron chi connectivity index (χ3n) is 2.95. The molecule has 1 heterocycles. The minimum absolute atomic E-state index is 0.199. The number of urea groups is 1. The number of nitrogens with one attached hydrogen (secondary N) is 2. The molecule has 1 saturated carbocycles. The van der Waals surface area contributed by atoms with Gasteiger partial charge in [0, 0.05) is 6.04 Å². The summed E-state index contributed by atoms with van der Waals surface area (Å²) in [6, 6.07) is 5.26. The number of hydrogen-bond donors (Lipinski definition) is 3. The normalized spacial score (nSPS) is 16.5. The van der Waals surface area contributed by atoms with Crippen molar-refractivity contribution in [2.75, 3.05) is 11.1 Å². The number of pyridine rings is 1. The van der Waals surface area contributed by atoms with Crippen LogP contribution in [0, 0.1) is 0 Å². The maximum atomic E-state index is 11.7. The lowest BCUT2D eigenvalue weighted by atomic mass is 9.96. The van der Waals surface area contributed by atoms with E-state index in [1.165, 1.54) is 19.3 Å². The van der Waals surface area contributed by atoms with Crippen LogP contribution in [0.15, 0.2) is 18.2 Å². The van der Waals surface area contributed by atoms with Crippen LogP contribution in [0.4, 0.5) is 16.4 Å². The minimum atomic E-state index is -0.199. The van der Waals surface area contributed by atoms with Crippen LogP contribution in [0.3, 0.4) is 0 Å². The van der Waals surface area contributed by atoms with Gasteiger partial charge in [0.15, 0.2) is 0 Å². The highest BCUT2D eigenvalue weighted by Crippen LogP contribution is 2.17. The van der Waals surface area contributed by atoms with Crippen LogP contribution in [0.1, 0.15) is 32.1 Å². The number of amides is 2. The van der Waals surface area contributed by atoms with Crippen LogP contribution in [-0.2, 0) is 0 Å². The molecule has 0 aliphatic heterocycles. The quantitative estimate of drug-likeness (QED) is 0.733. The Labute approximate surface area is 101 Å². The van der Waals surface area contributed by atoms with E-state index in [-0.39, 0.29) is 6.03 Å². The first-order chi connectivity index (χ1) is 8.24. The van der Waals surface area contributed by atoms with E-state index in [9.17, 15) is 4.79 Å². The van der Waals surface area contributed by atoms with Gasteiger partial charge in [-0.05, 0) is 25.0 Å². The molecule has 5 nitrogen and oxygen atoms in total. The fourth-order valence-electron chi connectivity index (χ4n) is 2.11. The van der Waals surface area contributed by atoms with Crippen LogP contribution >= 0.6 is 0 Å². The van der Waals surface area contributed by atoms with Gasteiger partial charge in [-0.1, -0.05) is 25.3 Å². The van der Waals surface area contributed by atoms with E-state index in [1.54, 1.807) is 18.2 Å². The van der Waals surface area contributed by atoms with Crippen molar-refractivity contribution in [1.82, 2.24) is 10.3 Å². The number of nitrogen functional groups attached to an aromatic ring is 1. The highest BCUT2D eigenvalue weighted by atomic mass is 16.2. The van der Waals surface area contributed by atoms with E-state index in [4.69, 9.17) is 5.73 Å². The van der Waals surface area contributed by atoms with Crippen molar-refractivity contribution < 1.29 is 4.79 Å². The summed E-state index contributed by atoms with van der Waals surface area (Å²) in [5.74, 6) is 0.888. The lowest BCUT2D eigenvalue weighted by molar-refractivity contribution is 0.244. The van der Waals surface area contributed by atoms with E-state index < -0.39 is 0 Å². The molecule has 0 atom stereocenters. The Bertz CT molecular complexity index is 388. The predicted molar refractivity (Wildman–Crippen MR) is 67.7 cm³/mol. The molecule has 0 radical (unpaired) electrons. The van der Waals surface area contributed by atoms with Gasteiger partial charge in [0.1, 0.15) is 11.6 Å². The largest absolute Gasteiger partial charge is 0.384 e. The predicted octanol–water partition coefficient (Wildman–Crippen LogP) is 2.12. The molecule has 1 aliphatic rings. The summed E-state index contributed by atoms with van der Waals surface area (Å²) >= 11 is 0. The average molecular weight is 234 g/mol. The average Bonchev–Trinajstić information content (AvgIpc) is 2.30. The Morgan fingerprint density at radius 3 is 2.76 bits per heavy atom. The second-order valence-corrected chi connectivity index (χ2v) is 4.38. The lowest BCUT2D eigenvalue weighted by Gasteiger charge is -2.22. The standard InChI is InChI=1S/C12H18N4O/c13-10-7-4-8-11(15-10)16-12(17)14-9-5-2-1-3-6-9/h4,7-9H,1-3,5-6H2,(H4,13,14,15,16,17). The first kappa shape index (κ1) is 11.7. The Morgan fingerprint density at radius 2 is 2.06 bits per heavy atom. The zero-order valence-electron chi connectivity index (χ0n) is 9.78. The van der Waals surface area contributed by atoms with E-state index in [1.807, 2.05) is 0 Å². The highest BCUT2D eigenvalue weighted by molar-refractivity contribution is 5.88. The maximum absolute atomic E-state index is 11.7. The minimum Gasteiger partial charge on any atom is -0.384 e. The molecular weight excluding hydrogens is 216 g/mol. The Kier molecular flexibility index (Phi) is 3.80. The number of rotatable bonds is 2. The third kappa shape index (κ3) is 3.62. The third-order valence-corrected chi connectivity index (χ3v) is 2.95. The molecule has 2 amide bonds. The van der Waals surface area contributed by atoms with Crippen LogP contribution in [0.25, 0.3) is 0 Å². The number of carbonyl (C=O) groups excluding carboxylic acids is 1. The molecule has 1 aromatic heterocycles. The molecule has 17 heavy (non-hydrogen) atoms. The SMILES string of the molecule is Nc1cccc(NC(=O)NC2CCCCC2)n1. The number of nitrogens with two attached hydrogens (primary N) is 1. The molecule has 1 aliphatic carbocycles. The maximum Gasteiger partial charge on any atom is 0.320 e. The summed E-state index contributed by atoms with van der Waals surface area (Å²) in [4.78, 5) is 15.7. The second-order valence-electron chi connectivity index (χ2n) is 4.38. The van der Waals surface area contributed by atoms with Gasteiger partial charge < -0.3 is 11.1 Å². The molecule has 1 aromatic rings. The van der Waals surface area contributed by atoms with Crippen molar-refractivity contribution in [2.24, 2.45) is 0 Å². The first-order valence-corrected chi connectivity index (χ1v) is 6.04. The van der Waals surface area contributed by atoms with E-state index >= 15 is 0 Å². The molecule has 0 aromatic carbocycles. The zero-order valence-corrected chi connectivity index (χ0v) is 9.78. The smallest absolute Gasteiger partial charge is 0.320 e. The van der Waals surface area contributed by atoms with Crippen LogP contribution < -0.4 is 16.4 Å². The molecular formula is C12H18N4O. The zero-order chi connectivity index (χ0) is 12.1. The second kappa shape index (κ2) is 5.52. The number of carbonyl (C=O) groups is 1. The van der Waals surface area contributed by atoms with Gasteiger partial charge in [-0.25, -0.2) is 9.78 Å². The fraction of sp³-hybridized carbons (Fsp3) is 0.500. The van der Waals surface area contributed by atoms with Crippen molar-refractivity contribution in [3.8, 4) is 0 Å². The lowest BCUT2D eigenvalue weighted by Crippen LogP contribution is -2.39. The monoisotopic (exact) mass is 234 g/mol. The summed E-state index contributed by atoms with van der Waals surface area (Å²) in [5, 5.41) is 5.64. The Balaban J connectivity index is 1.84. The van der Waals surface area contributed by atoms with Crippen molar-refractivity contribution in [3.05, 3.63) is 18.2 Å². The molecule has 4 N–H and O–H groups in total. The van der Waals surface area contributed by atoms with Crippen molar-refractivity contribution in [1.29, 1.82) is 0 Å². The number of anilines is 2. The molecule has 0 saturated heterocycles. The fourth-order valence-corrected chi connectivity index (χ4v) is 2.11. The summed E-state index contributed by atoms with van der Waals surface area (Å²) < 4.78 is 0. The molecule has 2 rings (SSSR count). The van der Waals surface area contributed by atoms with E-state index in [0.29, 0.717) is 17.7 Å². The highest BCUT2D eigenvalue weighted by Gasteiger charge is 2.15. The van der Waals surface area contributed by atoms with Gasteiger partial charge in [-0.15, -0.1) is 0 Å². The van der Waals surface area contributed by atoms with E-state index in [0.717, 1.165) is 12.8 Å². The van der Waals surface area contributed by atoms with Crippen LogP contribution in [0.2, 0.25) is 0 Å². The number of aromatic nitrogens is 1. The summed E-state index contributed by atoms with van der Waals surface area (Å²) in [6.45, 7) is 0. The van der Waals surface area contributed by atoms with Crippen molar-refractivity contribution in [2.45, 2.75) is 38.1 Å². The van der Waals surface area contributed by atoms with Crippen molar-refractivity contribution >= 4 is 17.7 Å². The topological polar surface area (TPSA) is 80.0 Å². The molecule has 5 heteroatoms. The molecule has 92 valence electrons. The Morgan fingerprint density at radius 1 is 1.29 bits per heavy atom. The number of nitrogens with zero attached hydrogens (tertiary/aromatic N) is 1. The first-order valence-electron chi connectivity index (χ1n) is 6.04. The molecule has 0 spiro atoms. The summed E-state index contributed by atoms with van der Waals surface area (Å²) in [7, 11) is 0. The van der Waals surface area contributed by atoms with Gasteiger partial charge in [-0.3, -0.25) is 5.32 Å². The van der Waals surface area contributed by atoms with Gasteiger partial charge in [0.2, 0.25) is 0 Å². The molecule has 0 bridgehead atoms. The summed E-state index contributed by atoms with van der Waals surface area (Å²) in [5.41, 5.74) is 5.54. The van der Waals surface area contributed by atoms with Gasteiger partial charge in [-0.2, -0.15) is 0 Å².